The average molecular weight is 230 g/mol. The summed E-state index contributed by atoms with van der Waals surface area (Å²) in [4.78, 5) is 2.31. The van der Waals surface area contributed by atoms with Crippen molar-refractivity contribution in [3.05, 3.63) is 0 Å². The van der Waals surface area contributed by atoms with E-state index in [9.17, 15) is 5.11 Å². The van der Waals surface area contributed by atoms with Gasteiger partial charge in [-0.15, -0.1) is 0 Å². The van der Waals surface area contributed by atoms with Gasteiger partial charge in [-0.3, -0.25) is 0 Å². The molecule has 1 fully saturated rings. The van der Waals surface area contributed by atoms with Crippen molar-refractivity contribution in [2.75, 3.05) is 39.9 Å². The van der Waals surface area contributed by atoms with Gasteiger partial charge in [-0.1, -0.05) is 13.3 Å². The van der Waals surface area contributed by atoms with E-state index in [1.54, 1.807) is 0 Å². The normalized spacial score (nSPS) is 23.8. The van der Waals surface area contributed by atoms with Crippen molar-refractivity contribution >= 4 is 0 Å². The van der Waals surface area contributed by atoms with Crippen molar-refractivity contribution in [1.29, 1.82) is 0 Å². The summed E-state index contributed by atoms with van der Waals surface area (Å²) in [5.74, 6) is 0. The molecule has 1 rings (SSSR count). The molecule has 0 bridgehead atoms. The number of nitrogens with zero attached hydrogens (tertiary/aromatic N) is 1. The van der Waals surface area contributed by atoms with Gasteiger partial charge in [0.25, 0.3) is 0 Å². The Bertz CT molecular complexity index is 178. The van der Waals surface area contributed by atoms with E-state index < -0.39 is 0 Å². The second-order valence-corrected chi connectivity index (χ2v) is 4.74. The lowest BCUT2D eigenvalue weighted by Crippen LogP contribution is -2.38. The third kappa shape index (κ3) is 5.80. The van der Waals surface area contributed by atoms with Crippen LogP contribution in [0.15, 0.2) is 0 Å². The fourth-order valence-corrected chi connectivity index (χ4v) is 1.93. The molecule has 4 nitrogen and oxygen atoms in total. The van der Waals surface area contributed by atoms with E-state index in [-0.39, 0.29) is 6.10 Å². The highest BCUT2D eigenvalue weighted by atomic mass is 16.5. The van der Waals surface area contributed by atoms with Crippen molar-refractivity contribution in [2.24, 2.45) is 0 Å². The molecule has 1 saturated heterocycles. The average Bonchev–Trinajstić information content (AvgIpc) is 2.68. The van der Waals surface area contributed by atoms with Gasteiger partial charge in [-0.2, -0.15) is 0 Å². The molecule has 16 heavy (non-hydrogen) atoms. The number of aliphatic hydroxyl groups is 1. The van der Waals surface area contributed by atoms with Crippen LogP contribution in [-0.4, -0.2) is 62.0 Å². The molecule has 96 valence electrons. The summed E-state index contributed by atoms with van der Waals surface area (Å²) >= 11 is 0. The Labute approximate surface area is 99.0 Å². The number of rotatable bonds is 8. The second-order valence-electron chi connectivity index (χ2n) is 4.74. The lowest BCUT2D eigenvalue weighted by molar-refractivity contribution is 0.0347. The van der Waals surface area contributed by atoms with Crippen LogP contribution in [0.25, 0.3) is 0 Å². The molecule has 4 heteroatoms. The Morgan fingerprint density at radius 3 is 3.00 bits per heavy atom. The molecule has 0 amide bonds. The first-order chi connectivity index (χ1) is 7.72. The van der Waals surface area contributed by atoms with E-state index in [0.29, 0.717) is 19.2 Å². The van der Waals surface area contributed by atoms with E-state index >= 15 is 0 Å². The van der Waals surface area contributed by atoms with Gasteiger partial charge in [0.05, 0.1) is 12.7 Å². The first-order valence-electron chi connectivity index (χ1n) is 6.40. The minimum atomic E-state index is -0.372. The number of unbranched alkanes of at least 4 members (excludes halogenated alkanes) is 1. The maximum absolute atomic E-state index is 9.67. The molecule has 0 aromatic carbocycles. The van der Waals surface area contributed by atoms with E-state index in [2.05, 4.69) is 24.2 Å². The Kier molecular flexibility index (Phi) is 6.96. The number of likely N-dealkylation sites (N-methyl/N-ethyl adjacent to an activating group) is 1. The topological polar surface area (TPSA) is 44.7 Å². The van der Waals surface area contributed by atoms with Crippen LogP contribution in [0.5, 0.6) is 0 Å². The van der Waals surface area contributed by atoms with Crippen LogP contribution in [0.4, 0.5) is 0 Å². The van der Waals surface area contributed by atoms with Crippen LogP contribution in [-0.2, 0) is 4.74 Å². The number of hydrogen-bond donors (Lipinski definition) is 2. The van der Waals surface area contributed by atoms with Crippen LogP contribution in [0.1, 0.15) is 26.2 Å². The highest BCUT2D eigenvalue weighted by Crippen LogP contribution is 2.05. The van der Waals surface area contributed by atoms with E-state index in [0.717, 1.165) is 32.5 Å². The minimum absolute atomic E-state index is 0.372. The Balaban J connectivity index is 1.95. The maximum atomic E-state index is 9.67. The van der Waals surface area contributed by atoms with Crippen LogP contribution in [0, 0.1) is 0 Å². The number of likely N-dealkylation sites (tertiary alicyclic amines) is 1. The van der Waals surface area contributed by atoms with Crippen molar-refractivity contribution in [3.8, 4) is 0 Å². The Morgan fingerprint density at radius 2 is 2.38 bits per heavy atom. The molecule has 2 N–H and O–H groups in total. The summed E-state index contributed by atoms with van der Waals surface area (Å²) in [6.07, 6.45) is 3.03. The van der Waals surface area contributed by atoms with Crippen molar-refractivity contribution in [1.82, 2.24) is 10.2 Å². The number of nitrogens with one attached hydrogen (secondary N) is 1. The SMILES string of the molecule is CCCCOCC(O)CNC1CCN(C)C1. The zero-order valence-corrected chi connectivity index (χ0v) is 10.6. The van der Waals surface area contributed by atoms with Gasteiger partial charge >= 0.3 is 0 Å². The zero-order valence-electron chi connectivity index (χ0n) is 10.6. The first kappa shape index (κ1) is 13.9. The van der Waals surface area contributed by atoms with E-state index in [1.807, 2.05) is 0 Å². The van der Waals surface area contributed by atoms with Gasteiger partial charge in [-0.25, -0.2) is 0 Å². The summed E-state index contributed by atoms with van der Waals surface area (Å²) in [7, 11) is 2.13. The van der Waals surface area contributed by atoms with Crippen LogP contribution in [0.3, 0.4) is 0 Å². The predicted molar refractivity (Wildman–Crippen MR) is 65.6 cm³/mol. The number of ether oxygens (including phenoxy) is 1. The Hall–Kier alpha value is -0.160. The summed E-state index contributed by atoms with van der Waals surface area (Å²) in [5, 5.41) is 13.1. The quantitative estimate of drug-likeness (QED) is 0.595. The minimum Gasteiger partial charge on any atom is -0.389 e. The molecular formula is C12H26N2O2. The van der Waals surface area contributed by atoms with Gasteiger partial charge in [0.1, 0.15) is 0 Å². The molecule has 0 saturated carbocycles. The van der Waals surface area contributed by atoms with E-state index in [4.69, 9.17) is 4.74 Å². The van der Waals surface area contributed by atoms with E-state index in [1.165, 1.54) is 6.42 Å². The summed E-state index contributed by atoms with van der Waals surface area (Å²) < 4.78 is 5.37. The summed E-state index contributed by atoms with van der Waals surface area (Å²) in [6, 6.07) is 0.537. The third-order valence-corrected chi connectivity index (χ3v) is 2.99. The standard InChI is InChI=1S/C12H26N2O2/c1-3-4-7-16-10-12(15)8-13-11-5-6-14(2)9-11/h11-13,15H,3-10H2,1-2H3. The summed E-state index contributed by atoms with van der Waals surface area (Å²) in [5.41, 5.74) is 0. The van der Waals surface area contributed by atoms with Crippen molar-refractivity contribution in [2.45, 2.75) is 38.3 Å². The summed E-state index contributed by atoms with van der Waals surface area (Å²) in [6.45, 7) is 6.24. The third-order valence-electron chi connectivity index (χ3n) is 2.99. The van der Waals surface area contributed by atoms with Gasteiger partial charge < -0.3 is 20.1 Å². The number of hydrogen-bond acceptors (Lipinski definition) is 4. The molecule has 1 aliphatic heterocycles. The second kappa shape index (κ2) is 8.01. The molecule has 1 heterocycles. The molecule has 1 aliphatic rings. The molecule has 0 spiro atoms. The highest BCUT2D eigenvalue weighted by Gasteiger charge is 2.19. The van der Waals surface area contributed by atoms with Gasteiger partial charge in [0.2, 0.25) is 0 Å². The highest BCUT2D eigenvalue weighted by molar-refractivity contribution is 4.79. The monoisotopic (exact) mass is 230 g/mol. The first-order valence-corrected chi connectivity index (χ1v) is 6.40. The molecule has 2 unspecified atom stereocenters. The Morgan fingerprint density at radius 1 is 1.56 bits per heavy atom. The fourth-order valence-electron chi connectivity index (χ4n) is 1.93. The van der Waals surface area contributed by atoms with Gasteiger partial charge in [0.15, 0.2) is 0 Å². The van der Waals surface area contributed by atoms with Crippen molar-refractivity contribution in [3.63, 3.8) is 0 Å². The predicted octanol–water partition coefficient (Wildman–Crippen LogP) is 0.458. The lowest BCUT2D eigenvalue weighted by atomic mass is 10.2. The van der Waals surface area contributed by atoms with Crippen LogP contribution >= 0.6 is 0 Å². The molecule has 2 atom stereocenters. The fraction of sp³-hybridized carbons (Fsp3) is 1.00. The molecule has 0 aromatic rings. The lowest BCUT2D eigenvalue weighted by Gasteiger charge is -2.16. The maximum Gasteiger partial charge on any atom is 0.0897 e. The van der Waals surface area contributed by atoms with Gasteiger partial charge in [0, 0.05) is 25.7 Å². The van der Waals surface area contributed by atoms with Crippen molar-refractivity contribution < 1.29 is 9.84 Å². The van der Waals surface area contributed by atoms with Gasteiger partial charge in [-0.05, 0) is 26.4 Å². The molecule has 0 aromatic heterocycles. The van der Waals surface area contributed by atoms with Crippen LogP contribution < -0.4 is 5.32 Å². The molecule has 0 radical (unpaired) electrons. The number of aliphatic hydroxyl groups excluding tert-OH is 1. The zero-order chi connectivity index (χ0) is 11.8. The largest absolute Gasteiger partial charge is 0.389 e. The smallest absolute Gasteiger partial charge is 0.0897 e. The molecular weight excluding hydrogens is 204 g/mol. The van der Waals surface area contributed by atoms with Crippen LogP contribution in [0.2, 0.25) is 0 Å². The molecule has 0 aliphatic carbocycles.